The molecule has 0 radical (unpaired) electrons. The summed E-state index contributed by atoms with van der Waals surface area (Å²) in [5, 5.41) is 2.75. The summed E-state index contributed by atoms with van der Waals surface area (Å²) in [7, 11) is 0. The van der Waals surface area contributed by atoms with Crippen LogP contribution in [0.25, 0.3) is 44.2 Å². The maximum atomic E-state index is 2.58. The Balaban J connectivity index is 1.06. The van der Waals surface area contributed by atoms with Crippen molar-refractivity contribution in [3.8, 4) is 33.4 Å². The topological polar surface area (TPSA) is 3.24 Å². The van der Waals surface area contributed by atoms with Gasteiger partial charge in [0, 0.05) is 17.1 Å². The molecule has 4 aliphatic rings. The van der Waals surface area contributed by atoms with Gasteiger partial charge in [0.25, 0.3) is 0 Å². The van der Waals surface area contributed by atoms with Crippen LogP contribution in [-0.2, 0) is 10.8 Å². The van der Waals surface area contributed by atoms with E-state index in [0.717, 1.165) is 17.1 Å². The van der Waals surface area contributed by atoms with Gasteiger partial charge in [-0.25, -0.2) is 0 Å². The molecular formula is C66H49N. The molecule has 10 aromatic carbocycles. The first-order valence-electron chi connectivity index (χ1n) is 24.4. The highest BCUT2D eigenvalue weighted by atomic mass is 15.1. The molecule has 1 atom stereocenters. The number of rotatable bonds is 6. The highest BCUT2D eigenvalue weighted by molar-refractivity contribution is 6.08. The summed E-state index contributed by atoms with van der Waals surface area (Å²) in [6.45, 7) is 0. The van der Waals surface area contributed by atoms with Gasteiger partial charge in [0.15, 0.2) is 0 Å². The van der Waals surface area contributed by atoms with E-state index in [4.69, 9.17) is 0 Å². The number of para-hydroxylation sites is 1. The van der Waals surface area contributed by atoms with Crippen molar-refractivity contribution in [2.24, 2.45) is 0 Å². The summed E-state index contributed by atoms with van der Waals surface area (Å²) in [5.74, 6) is 0.522. The van der Waals surface area contributed by atoms with E-state index in [1.165, 1.54) is 121 Å². The molecule has 0 aliphatic heterocycles. The first-order chi connectivity index (χ1) is 33.3. The normalized spacial score (nSPS) is 17.1. The van der Waals surface area contributed by atoms with Crippen LogP contribution in [0, 0.1) is 0 Å². The van der Waals surface area contributed by atoms with E-state index in [9.17, 15) is 0 Å². The molecule has 1 saturated carbocycles. The van der Waals surface area contributed by atoms with Gasteiger partial charge in [-0.1, -0.05) is 213 Å². The van der Waals surface area contributed by atoms with Crippen LogP contribution >= 0.6 is 0 Å². The van der Waals surface area contributed by atoms with Crippen LogP contribution in [0.5, 0.6) is 0 Å². The lowest BCUT2D eigenvalue weighted by Gasteiger charge is -2.43. The lowest BCUT2D eigenvalue weighted by Crippen LogP contribution is -2.34. The molecule has 318 valence electrons. The molecule has 0 amide bonds. The van der Waals surface area contributed by atoms with Crippen molar-refractivity contribution < 1.29 is 0 Å². The molecule has 1 fully saturated rings. The third-order valence-electron chi connectivity index (χ3n) is 16.1. The minimum atomic E-state index is -0.517. The van der Waals surface area contributed by atoms with Gasteiger partial charge >= 0.3 is 0 Å². The predicted octanol–water partition coefficient (Wildman–Crippen LogP) is 17.1. The molecule has 0 heterocycles. The van der Waals surface area contributed by atoms with Crippen molar-refractivity contribution in [3.05, 3.63) is 281 Å². The zero-order valence-corrected chi connectivity index (χ0v) is 37.5. The molecule has 1 spiro atoms. The minimum Gasteiger partial charge on any atom is -0.310 e. The molecule has 10 aromatic rings. The summed E-state index contributed by atoms with van der Waals surface area (Å²) in [5.41, 5.74) is 22.7. The molecule has 67 heavy (non-hydrogen) atoms. The molecule has 4 aliphatic carbocycles. The maximum Gasteiger partial charge on any atom is 0.0729 e. The lowest BCUT2D eigenvalue weighted by atomic mass is 9.59. The Labute approximate surface area is 393 Å². The Kier molecular flexibility index (Phi) is 8.56. The quantitative estimate of drug-likeness (QED) is 0.161. The fourth-order valence-corrected chi connectivity index (χ4v) is 13.5. The van der Waals surface area contributed by atoms with Crippen molar-refractivity contribution in [3.63, 3.8) is 0 Å². The van der Waals surface area contributed by atoms with Crippen LogP contribution in [0.3, 0.4) is 0 Å². The first-order valence-corrected chi connectivity index (χ1v) is 24.4. The van der Waals surface area contributed by atoms with Crippen molar-refractivity contribution >= 4 is 27.8 Å². The number of hydrogen-bond acceptors (Lipinski definition) is 1. The smallest absolute Gasteiger partial charge is 0.0729 e. The van der Waals surface area contributed by atoms with Gasteiger partial charge in [0.1, 0.15) is 0 Å². The second kappa shape index (κ2) is 14.9. The largest absolute Gasteiger partial charge is 0.310 e. The standard InChI is InChI=1S/C66H49N/c1-5-20-44(21-6-1)51-39-36-45-22-19-32-57-54-31-15-18-35-60(54)66(64(51)63(45)57)59-34-17-14-30-53(59)56-41-38-50(43-62(56)66)67(48-27-11-4-12-28-48)49-37-40-55-52-29-13-16-33-58(52)65(61(55)42-49,46-23-7-2-8-24-46)47-25-9-3-10-26-47/h2-4,7-19,22-44H,1,5-6,20-21H2. The Morgan fingerprint density at radius 1 is 0.328 bits per heavy atom. The summed E-state index contributed by atoms with van der Waals surface area (Å²) in [6.07, 6.45) is 6.39. The average Bonchev–Trinajstić information content (AvgIpc) is 3.86. The average molecular weight is 856 g/mol. The Bertz CT molecular complexity index is 3520. The SMILES string of the molecule is c1ccc(N(c2ccc3c(c2)C(c2ccccc2)(c2ccccc2)c2ccccc2-3)c2ccc3c(c2)C2(c4ccccc4-3)c3ccccc3-c3cccc4ccc(C5CCCCC5)c2c34)cc1. The van der Waals surface area contributed by atoms with Crippen LogP contribution in [-0.4, -0.2) is 0 Å². The van der Waals surface area contributed by atoms with Gasteiger partial charge in [-0.05, 0) is 149 Å². The molecular weight excluding hydrogens is 807 g/mol. The van der Waals surface area contributed by atoms with Crippen LogP contribution in [0.1, 0.15) is 88.1 Å². The summed E-state index contributed by atoms with van der Waals surface area (Å²) < 4.78 is 0. The maximum absolute atomic E-state index is 2.58. The van der Waals surface area contributed by atoms with E-state index in [2.05, 4.69) is 235 Å². The number of benzene rings is 10. The highest BCUT2D eigenvalue weighted by Gasteiger charge is 2.52. The van der Waals surface area contributed by atoms with Crippen LogP contribution in [0.15, 0.2) is 231 Å². The highest BCUT2D eigenvalue weighted by Crippen LogP contribution is 2.64. The number of hydrogen-bond donors (Lipinski definition) is 0. The van der Waals surface area contributed by atoms with E-state index < -0.39 is 10.8 Å². The second-order valence-electron chi connectivity index (χ2n) is 19.3. The van der Waals surface area contributed by atoms with Gasteiger partial charge in [-0.15, -0.1) is 0 Å². The van der Waals surface area contributed by atoms with Gasteiger partial charge in [-0.2, -0.15) is 0 Å². The monoisotopic (exact) mass is 855 g/mol. The number of nitrogens with zero attached hydrogens (tertiary/aromatic N) is 1. The fourth-order valence-electron chi connectivity index (χ4n) is 13.5. The first kappa shape index (κ1) is 38.5. The third kappa shape index (κ3) is 5.32. The summed E-state index contributed by atoms with van der Waals surface area (Å²) in [4.78, 5) is 2.52. The molecule has 0 aromatic heterocycles. The zero-order valence-electron chi connectivity index (χ0n) is 37.5. The Morgan fingerprint density at radius 3 is 1.37 bits per heavy atom. The van der Waals surface area contributed by atoms with Gasteiger partial charge in [0.05, 0.1) is 10.8 Å². The van der Waals surface area contributed by atoms with Crippen molar-refractivity contribution in [1.82, 2.24) is 0 Å². The molecule has 14 rings (SSSR count). The molecule has 1 unspecified atom stereocenters. The molecule has 1 nitrogen and oxygen atoms in total. The van der Waals surface area contributed by atoms with Crippen LogP contribution in [0.2, 0.25) is 0 Å². The van der Waals surface area contributed by atoms with Gasteiger partial charge in [-0.3, -0.25) is 0 Å². The van der Waals surface area contributed by atoms with Crippen molar-refractivity contribution in [2.45, 2.75) is 48.9 Å². The van der Waals surface area contributed by atoms with Gasteiger partial charge in [0.2, 0.25) is 0 Å². The Morgan fingerprint density at radius 2 is 0.791 bits per heavy atom. The third-order valence-corrected chi connectivity index (χ3v) is 16.1. The van der Waals surface area contributed by atoms with Crippen molar-refractivity contribution in [1.29, 1.82) is 0 Å². The van der Waals surface area contributed by atoms with E-state index in [-0.39, 0.29) is 0 Å². The van der Waals surface area contributed by atoms with E-state index in [0.29, 0.717) is 5.92 Å². The second-order valence-corrected chi connectivity index (χ2v) is 19.3. The fraction of sp³-hybridized carbons (Fsp3) is 0.121. The van der Waals surface area contributed by atoms with E-state index in [1.54, 1.807) is 5.56 Å². The Hall–Kier alpha value is -7.74. The van der Waals surface area contributed by atoms with Crippen LogP contribution < -0.4 is 4.90 Å². The zero-order chi connectivity index (χ0) is 44.1. The molecule has 0 saturated heterocycles. The van der Waals surface area contributed by atoms with Crippen molar-refractivity contribution in [2.75, 3.05) is 4.90 Å². The van der Waals surface area contributed by atoms with Crippen LogP contribution in [0.4, 0.5) is 17.1 Å². The minimum absolute atomic E-state index is 0.510. The summed E-state index contributed by atoms with van der Waals surface area (Å²) >= 11 is 0. The van der Waals surface area contributed by atoms with E-state index >= 15 is 0 Å². The number of anilines is 3. The lowest BCUT2D eigenvalue weighted by molar-refractivity contribution is 0.440. The van der Waals surface area contributed by atoms with Gasteiger partial charge < -0.3 is 4.90 Å². The summed E-state index contributed by atoms with van der Waals surface area (Å²) in [6, 6.07) is 87.8. The molecule has 0 N–H and O–H groups in total. The van der Waals surface area contributed by atoms with E-state index in [1.807, 2.05) is 0 Å². The molecule has 0 bridgehead atoms. The number of fused-ring (bicyclic) bond motifs is 12. The predicted molar refractivity (Wildman–Crippen MR) is 278 cm³/mol. The molecule has 1 heteroatoms.